The lowest BCUT2D eigenvalue weighted by Gasteiger charge is -2.29. The van der Waals surface area contributed by atoms with Crippen molar-refractivity contribution in [1.82, 2.24) is 9.80 Å². The number of rotatable bonds is 10. The van der Waals surface area contributed by atoms with Crippen molar-refractivity contribution in [3.63, 3.8) is 0 Å². The summed E-state index contributed by atoms with van der Waals surface area (Å²) in [6.07, 6.45) is 0.726. The molecule has 2 saturated heterocycles. The van der Waals surface area contributed by atoms with Crippen molar-refractivity contribution in [3.05, 3.63) is 65.2 Å². The van der Waals surface area contributed by atoms with Gasteiger partial charge in [0.05, 0.1) is 37.5 Å². The van der Waals surface area contributed by atoms with Crippen LogP contribution in [0.4, 0.5) is 0 Å². The molecule has 0 radical (unpaired) electrons. The van der Waals surface area contributed by atoms with E-state index in [1.165, 1.54) is 0 Å². The van der Waals surface area contributed by atoms with Gasteiger partial charge < -0.3 is 24.2 Å². The Balaban J connectivity index is 1.65. The summed E-state index contributed by atoms with van der Waals surface area (Å²) in [7, 11) is 0. The molecule has 1 atom stereocenters. The van der Waals surface area contributed by atoms with Crippen molar-refractivity contribution in [2.75, 3.05) is 46.0 Å². The molecule has 2 heterocycles. The van der Waals surface area contributed by atoms with Gasteiger partial charge >= 0.3 is 0 Å². The first-order valence-corrected chi connectivity index (χ1v) is 13.0. The molecule has 8 heteroatoms. The Bertz CT molecular complexity index is 1100. The predicted molar refractivity (Wildman–Crippen MR) is 141 cm³/mol. The first kappa shape index (κ1) is 26.7. The number of hydrogen-bond acceptors (Lipinski definition) is 7. The SMILES string of the molecule is CCOc1ccc([C@@H]2/C(=C(\O)c3ccc(OC(C)C)cc3)C(=O)C(=O)N2CCCN2CCOCC2)cc1. The number of aliphatic hydroxyl groups excluding tert-OH is 1. The number of likely N-dealkylation sites (tertiary alicyclic amines) is 1. The Morgan fingerprint density at radius 2 is 1.65 bits per heavy atom. The zero-order valence-corrected chi connectivity index (χ0v) is 21.8. The predicted octanol–water partition coefficient (Wildman–Crippen LogP) is 4.02. The maximum Gasteiger partial charge on any atom is 0.295 e. The van der Waals surface area contributed by atoms with Gasteiger partial charge in [0.2, 0.25) is 0 Å². The molecule has 2 aromatic rings. The van der Waals surface area contributed by atoms with Crippen LogP contribution in [-0.4, -0.2) is 78.7 Å². The van der Waals surface area contributed by atoms with Crippen LogP contribution in [0.5, 0.6) is 11.5 Å². The Hall–Kier alpha value is -3.36. The number of nitrogens with zero attached hydrogens (tertiary/aromatic N) is 2. The molecule has 0 bridgehead atoms. The number of morpholine rings is 1. The van der Waals surface area contributed by atoms with Gasteiger partial charge in [0.1, 0.15) is 17.3 Å². The van der Waals surface area contributed by atoms with Crippen molar-refractivity contribution in [1.29, 1.82) is 0 Å². The molecule has 1 N–H and O–H groups in total. The van der Waals surface area contributed by atoms with E-state index in [9.17, 15) is 14.7 Å². The smallest absolute Gasteiger partial charge is 0.295 e. The number of aliphatic hydroxyl groups is 1. The van der Waals surface area contributed by atoms with Crippen LogP contribution in [0.25, 0.3) is 5.76 Å². The highest BCUT2D eigenvalue weighted by molar-refractivity contribution is 6.46. The summed E-state index contributed by atoms with van der Waals surface area (Å²) < 4.78 is 16.7. The Morgan fingerprint density at radius 3 is 2.27 bits per heavy atom. The van der Waals surface area contributed by atoms with Crippen LogP contribution in [0.1, 0.15) is 44.4 Å². The Kier molecular flexibility index (Phi) is 8.84. The van der Waals surface area contributed by atoms with Gasteiger partial charge in [-0.25, -0.2) is 0 Å². The molecule has 2 aliphatic heterocycles. The molecule has 8 nitrogen and oxygen atoms in total. The average molecular weight is 509 g/mol. The molecule has 2 fully saturated rings. The topological polar surface area (TPSA) is 88.5 Å². The molecule has 2 aromatic carbocycles. The van der Waals surface area contributed by atoms with E-state index in [2.05, 4.69) is 4.90 Å². The molecule has 0 spiro atoms. The van der Waals surface area contributed by atoms with Crippen LogP contribution in [0.2, 0.25) is 0 Å². The van der Waals surface area contributed by atoms with E-state index in [-0.39, 0.29) is 17.4 Å². The molecule has 37 heavy (non-hydrogen) atoms. The minimum Gasteiger partial charge on any atom is -0.507 e. The largest absolute Gasteiger partial charge is 0.507 e. The second-order valence-corrected chi connectivity index (χ2v) is 9.49. The number of Topliss-reactive ketones (excluding diaryl/α,β-unsaturated/α-hetero) is 1. The second kappa shape index (κ2) is 12.3. The van der Waals surface area contributed by atoms with Crippen LogP contribution in [-0.2, 0) is 14.3 Å². The second-order valence-electron chi connectivity index (χ2n) is 9.49. The lowest BCUT2D eigenvalue weighted by molar-refractivity contribution is -0.140. The third-order valence-corrected chi connectivity index (χ3v) is 6.52. The summed E-state index contributed by atoms with van der Waals surface area (Å²) in [5, 5.41) is 11.3. The van der Waals surface area contributed by atoms with Crippen molar-refractivity contribution in [3.8, 4) is 11.5 Å². The highest BCUT2D eigenvalue weighted by Gasteiger charge is 2.45. The van der Waals surface area contributed by atoms with Gasteiger partial charge in [-0.2, -0.15) is 0 Å². The maximum atomic E-state index is 13.3. The molecular weight excluding hydrogens is 472 g/mol. The maximum absolute atomic E-state index is 13.3. The van der Waals surface area contributed by atoms with Crippen LogP contribution < -0.4 is 9.47 Å². The lowest BCUT2D eigenvalue weighted by Crippen LogP contribution is -2.38. The molecule has 1 amide bonds. The number of benzene rings is 2. The highest BCUT2D eigenvalue weighted by atomic mass is 16.5. The number of carbonyl (C=O) groups is 2. The third-order valence-electron chi connectivity index (χ3n) is 6.52. The van der Waals surface area contributed by atoms with Crippen molar-refractivity contribution >= 4 is 17.4 Å². The van der Waals surface area contributed by atoms with Gasteiger partial charge in [-0.1, -0.05) is 12.1 Å². The minimum atomic E-state index is -0.688. The molecule has 0 aromatic heterocycles. The van der Waals surface area contributed by atoms with Crippen LogP contribution in [0.3, 0.4) is 0 Å². The quantitative estimate of drug-likeness (QED) is 0.295. The molecule has 4 rings (SSSR count). The number of carbonyl (C=O) groups excluding carboxylic acids is 2. The number of hydrogen-bond donors (Lipinski definition) is 1. The standard InChI is InChI=1S/C29H36N2O6/c1-4-36-23-10-6-21(7-11-23)26-25(27(32)22-8-12-24(13-9-22)37-20(2)3)28(33)29(34)31(26)15-5-14-30-16-18-35-19-17-30/h6-13,20,26,32H,4-5,14-19H2,1-3H3/b27-25+/t26-/m1/s1. The number of ketones is 1. The van der Waals surface area contributed by atoms with Crippen molar-refractivity contribution < 1.29 is 28.9 Å². The fourth-order valence-electron chi connectivity index (χ4n) is 4.78. The minimum absolute atomic E-state index is 0.0156. The zero-order chi connectivity index (χ0) is 26.4. The molecular formula is C29H36N2O6. The summed E-state index contributed by atoms with van der Waals surface area (Å²) in [6, 6.07) is 13.6. The van der Waals surface area contributed by atoms with Gasteiger partial charge in [0.15, 0.2) is 0 Å². The number of ether oxygens (including phenoxy) is 3. The molecule has 0 unspecified atom stereocenters. The van der Waals surface area contributed by atoms with Crippen LogP contribution in [0.15, 0.2) is 54.1 Å². The molecule has 2 aliphatic rings. The summed E-state index contributed by atoms with van der Waals surface area (Å²) in [5.74, 6) is -0.0918. The number of amides is 1. The Morgan fingerprint density at radius 1 is 1.00 bits per heavy atom. The molecule has 0 aliphatic carbocycles. The van der Waals surface area contributed by atoms with E-state index < -0.39 is 17.7 Å². The van der Waals surface area contributed by atoms with Crippen molar-refractivity contribution in [2.24, 2.45) is 0 Å². The van der Waals surface area contributed by atoms with E-state index in [1.54, 1.807) is 29.2 Å². The summed E-state index contributed by atoms with van der Waals surface area (Å²) in [5.41, 5.74) is 1.30. The van der Waals surface area contributed by atoms with E-state index in [0.717, 1.165) is 25.2 Å². The van der Waals surface area contributed by atoms with Gasteiger partial charge in [0, 0.05) is 31.7 Å². The van der Waals surface area contributed by atoms with Crippen LogP contribution in [0, 0.1) is 0 Å². The highest BCUT2D eigenvalue weighted by Crippen LogP contribution is 2.40. The van der Waals surface area contributed by atoms with Gasteiger partial charge in [-0.15, -0.1) is 0 Å². The Labute approximate surface area is 218 Å². The fraction of sp³-hybridized carbons (Fsp3) is 0.448. The van der Waals surface area contributed by atoms with Gasteiger partial charge in [-0.3, -0.25) is 14.5 Å². The summed E-state index contributed by atoms with van der Waals surface area (Å²) in [4.78, 5) is 30.4. The first-order chi connectivity index (χ1) is 17.9. The zero-order valence-electron chi connectivity index (χ0n) is 21.8. The lowest BCUT2D eigenvalue weighted by atomic mass is 9.95. The fourth-order valence-corrected chi connectivity index (χ4v) is 4.78. The average Bonchev–Trinajstić information content (AvgIpc) is 3.15. The van der Waals surface area contributed by atoms with E-state index in [0.29, 0.717) is 49.8 Å². The normalized spacial score (nSPS) is 20.0. The van der Waals surface area contributed by atoms with E-state index in [4.69, 9.17) is 14.2 Å². The monoisotopic (exact) mass is 508 g/mol. The third kappa shape index (κ3) is 6.32. The van der Waals surface area contributed by atoms with Crippen LogP contribution >= 0.6 is 0 Å². The molecule has 198 valence electrons. The van der Waals surface area contributed by atoms with Gasteiger partial charge in [-0.05, 0) is 69.2 Å². The summed E-state index contributed by atoms with van der Waals surface area (Å²) in [6.45, 7) is 10.7. The van der Waals surface area contributed by atoms with E-state index >= 15 is 0 Å². The summed E-state index contributed by atoms with van der Waals surface area (Å²) >= 11 is 0. The first-order valence-electron chi connectivity index (χ1n) is 13.0. The van der Waals surface area contributed by atoms with Gasteiger partial charge in [0.25, 0.3) is 11.7 Å². The van der Waals surface area contributed by atoms with Crippen molar-refractivity contribution in [2.45, 2.75) is 39.3 Å². The molecule has 0 saturated carbocycles. The van der Waals surface area contributed by atoms with E-state index in [1.807, 2.05) is 45.0 Å².